The van der Waals surface area contributed by atoms with Crippen molar-refractivity contribution in [3.8, 4) is 5.75 Å². The van der Waals surface area contributed by atoms with Gasteiger partial charge in [0.15, 0.2) is 0 Å². The van der Waals surface area contributed by atoms with E-state index in [1.165, 1.54) is 24.8 Å². The molecule has 0 aliphatic heterocycles. The van der Waals surface area contributed by atoms with E-state index in [2.05, 4.69) is 5.43 Å². The van der Waals surface area contributed by atoms with E-state index < -0.39 is 0 Å². The highest BCUT2D eigenvalue weighted by molar-refractivity contribution is 6.33. The highest BCUT2D eigenvalue weighted by Gasteiger charge is 2.18. The Balaban J connectivity index is 2.30. The van der Waals surface area contributed by atoms with E-state index in [0.29, 0.717) is 10.8 Å². The summed E-state index contributed by atoms with van der Waals surface area (Å²) >= 11 is 6.23. The topological polar surface area (TPSA) is 60.2 Å². The number of rotatable bonds is 2. The highest BCUT2D eigenvalue weighted by atomic mass is 35.5. The van der Waals surface area contributed by atoms with Crippen molar-refractivity contribution in [2.75, 3.05) is 12.5 Å². The molecule has 0 saturated carbocycles. The molecule has 1 aromatic heterocycles. The Kier molecular flexibility index (Phi) is 3.68. The van der Waals surface area contributed by atoms with Crippen LogP contribution in [0.5, 0.6) is 5.75 Å². The molecule has 3 rings (SSSR count). The summed E-state index contributed by atoms with van der Waals surface area (Å²) in [7, 11) is 1.61. The van der Waals surface area contributed by atoms with Crippen molar-refractivity contribution in [3.63, 3.8) is 0 Å². The predicted octanol–water partition coefficient (Wildman–Crippen LogP) is 3.45. The van der Waals surface area contributed by atoms with Crippen LogP contribution in [0.15, 0.2) is 12.1 Å². The molecule has 1 aliphatic rings. The first-order chi connectivity index (χ1) is 9.74. The average Bonchev–Trinajstić information content (AvgIpc) is 2.69. The molecule has 0 unspecified atom stereocenters. The Morgan fingerprint density at radius 1 is 1.25 bits per heavy atom. The van der Waals surface area contributed by atoms with Gasteiger partial charge in [0, 0.05) is 17.1 Å². The molecule has 0 saturated heterocycles. The Morgan fingerprint density at radius 2 is 2.05 bits per heavy atom. The van der Waals surface area contributed by atoms with E-state index >= 15 is 0 Å². The number of aryl methyl sites for hydroxylation is 1. The second-order valence-electron chi connectivity index (χ2n) is 5.12. The number of benzene rings is 1. The largest absolute Gasteiger partial charge is 0.495 e. The molecule has 0 fully saturated rings. The third-order valence-corrected chi connectivity index (χ3v) is 4.23. The number of anilines is 1. The maximum atomic E-state index is 6.23. The van der Waals surface area contributed by atoms with Crippen molar-refractivity contribution < 1.29 is 4.74 Å². The molecular formula is C15H18ClN3O. The number of nitrogens with zero attached hydrogens (tertiary/aromatic N) is 1. The molecule has 106 valence electrons. The SMILES string of the molecule is COc1cc2nc3c(c(NN)c2cc1Cl)CCCCC3. The number of halogens is 1. The number of nitrogen functional groups attached to an aromatic ring is 1. The first-order valence-corrected chi connectivity index (χ1v) is 7.28. The standard InChI is InChI=1S/C15H18ClN3O/c1-20-14-8-13-10(7-11(14)16)15(19-17)9-5-3-2-4-6-12(9)18-13/h7-8H,2-6,17H2,1H3,(H,18,19). The zero-order chi connectivity index (χ0) is 14.1. The van der Waals surface area contributed by atoms with Crippen LogP contribution in [-0.2, 0) is 12.8 Å². The molecule has 2 aromatic rings. The second-order valence-corrected chi connectivity index (χ2v) is 5.53. The monoisotopic (exact) mass is 291 g/mol. The van der Waals surface area contributed by atoms with Crippen molar-refractivity contribution in [1.29, 1.82) is 0 Å². The minimum atomic E-state index is 0.576. The smallest absolute Gasteiger partial charge is 0.139 e. The molecule has 0 spiro atoms. The third-order valence-electron chi connectivity index (χ3n) is 3.93. The second kappa shape index (κ2) is 5.46. The van der Waals surface area contributed by atoms with E-state index in [-0.39, 0.29) is 0 Å². The fourth-order valence-corrected chi connectivity index (χ4v) is 3.16. The number of ether oxygens (including phenoxy) is 1. The number of aromatic nitrogens is 1. The van der Waals surface area contributed by atoms with Gasteiger partial charge in [-0.05, 0) is 37.3 Å². The molecular weight excluding hydrogens is 274 g/mol. The van der Waals surface area contributed by atoms with Gasteiger partial charge >= 0.3 is 0 Å². The van der Waals surface area contributed by atoms with Gasteiger partial charge < -0.3 is 10.2 Å². The molecule has 5 heteroatoms. The molecule has 1 heterocycles. The number of nitrogens with one attached hydrogen (secondary N) is 1. The van der Waals surface area contributed by atoms with Crippen molar-refractivity contribution >= 4 is 28.2 Å². The lowest BCUT2D eigenvalue weighted by atomic mass is 10.0. The number of methoxy groups -OCH3 is 1. The maximum absolute atomic E-state index is 6.23. The normalized spacial score (nSPS) is 14.8. The Bertz CT molecular complexity index is 657. The molecule has 0 bridgehead atoms. The van der Waals surface area contributed by atoms with Crippen LogP contribution in [0.3, 0.4) is 0 Å². The minimum Gasteiger partial charge on any atom is -0.495 e. The zero-order valence-electron chi connectivity index (χ0n) is 11.5. The number of fused-ring (bicyclic) bond motifs is 2. The Morgan fingerprint density at radius 3 is 2.80 bits per heavy atom. The van der Waals surface area contributed by atoms with Crippen molar-refractivity contribution in [3.05, 3.63) is 28.4 Å². The minimum absolute atomic E-state index is 0.576. The van der Waals surface area contributed by atoms with Crippen molar-refractivity contribution in [2.45, 2.75) is 32.1 Å². The lowest BCUT2D eigenvalue weighted by Gasteiger charge is -2.16. The molecule has 1 aromatic carbocycles. The van der Waals surface area contributed by atoms with Crippen molar-refractivity contribution in [1.82, 2.24) is 4.98 Å². The molecule has 0 radical (unpaired) electrons. The summed E-state index contributed by atoms with van der Waals surface area (Å²) in [5.41, 5.74) is 7.06. The van der Waals surface area contributed by atoms with E-state index in [1.54, 1.807) is 7.11 Å². The summed E-state index contributed by atoms with van der Waals surface area (Å²) < 4.78 is 5.27. The Labute approximate surface area is 123 Å². The van der Waals surface area contributed by atoms with Crippen LogP contribution in [0.4, 0.5) is 5.69 Å². The van der Waals surface area contributed by atoms with Crippen LogP contribution in [0, 0.1) is 0 Å². The number of hydrazine groups is 1. The fourth-order valence-electron chi connectivity index (χ4n) is 2.92. The lowest BCUT2D eigenvalue weighted by molar-refractivity contribution is 0.415. The summed E-state index contributed by atoms with van der Waals surface area (Å²) in [6, 6.07) is 3.76. The number of pyridine rings is 1. The van der Waals surface area contributed by atoms with Gasteiger partial charge in [0.25, 0.3) is 0 Å². The molecule has 0 atom stereocenters. The zero-order valence-corrected chi connectivity index (χ0v) is 12.3. The highest BCUT2D eigenvalue weighted by Crippen LogP contribution is 2.36. The summed E-state index contributed by atoms with van der Waals surface area (Å²) in [5.74, 6) is 6.40. The van der Waals surface area contributed by atoms with Gasteiger partial charge in [0.05, 0.1) is 23.3 Å². The third kappa shape index (κ3) is 2.19. The summed E-state index contributed by atoms with van der Waals surface area (Å²) in [4.78, 5) is 4.80. The van der Waals surface area contributed by atoms with E-state index in [1.807, 2.05) is 12.1 Å². The maximum Gasteiger partial charge on any atom is 0.139 e. The van der Waals surface area contributed by atoms with Crippen molar-refractivity contribution in [2.24, 2.45) is 5.84 Å². The van der Waals surface area contributed by atoms with Crippen LogP contribution in [0.2, 0.25) is 5.02 Å². The number of hydrogen-bond acceptors (Lipinski definition) is 4. The fraction of sp³-hybridized carbons (Fsp3) is 0.400. The molecule has 4 nitrogen and oxygen atoms in total. The first kappa shape index (κ1) is 13.5. The van der Waals surface area contributed by atoms with Gasteiger partial charge in [-0.3, -0.25) is 10.8 Å². The average molecular weight is 292 g/mol. The van der Waals surface area contributed by atoms with Gasteiger partial charge in [0.1, 0.15) is 5.75 Å². The van der Waals surface area contributed by atoms with E-state index in [0.717, 1.165) is 35.1 Å². The number of hydrogen-bond donors (Lipinski definition) is 2. The first-order valence-electron chi connectivity index (χ1n) is 6.90. The van der Waals surface area contributed by atoms with Crippen LogP contribution in [0.1, 0.15) is 30.5 Å². The van der Waals surface area contributed by atoms with Crippen LogP contribution >= 0.6 is 11.6 Å². The van der Waals surface area contributed by atoms with Gasteiger partial charge in [-0.25, -0.2) is 0 Å². The van der Waals surface area contributed by atoms with E-state index in [9.17, 15) is 0 Å². The summed E-state index contributed by atoms with van der Waals surface area (Å²) in [6.45, 7) is 0. The molecule has 1 aliphatic carbocycles. The van der Waals surface area contributed by atoms with Crippen LogP contribution in [-0.4, -0.2) is 12.1 Å². The van der Waals surface area contributed by atoms with Crippen LogP contribution < -0.4 is 16.0 Å². The van der Waals surface area contributed by atoms with Gasteiger partial charge in [0.2, 0.25) is 0 Å². The van der Waals surface area contributed by atoms with Gasteiger partial charge in [-0.15, -0.1) is 0 Å². The van der Waals surface area contributed by atoms with Gasteiger partial charge in [-0.1, -0.05) is 18.0 Å². The Hall–Kier alpha value is -1.52. The number of nitrogens with two attached hydrogens (primary N) is 1. The van der Waals surface area contributed by atoms with E-state index in [4.69, 9.17) is 27.2 Å². The quantitative estimate of drug-likeness (QED) is 0.505. The predicted molar refractivity (Wildman–Crippen MR) is 82.4 cm³/mol. The van der Waals surface area contributed by atoms with Crippen LogP contribution in [0.25, 0.3) is 10.9 Å². The summed E-state index contributed by atoms with van der Waals surface area (Å²) in [5, 5.41) is 1.53. The van der Waals surface area contributed by atoms with Gasteiger partial charge in [-0.2, -0.15) is 0 Å². The molecule has 0 amide bonds. The lowest BCUT2D eigenvalue weighted by Crippen LogP contribution is -2.12. The molecule has 20 heavy (non-hydrogen) atoms. The molecule has 3 N–H and O–H groups in total. The summed E-state index contributed by atoms with van der Waals surface area (Å²) in [6.07, 6.45) is 5.62.